The van der Waals surface area contributed by atoms with Gasteiger partial charge >= 0.3 is 0 Å². The molecule has 0 aromatic carbocycles. The van der Waals surface area contributed by atoms with Gasteiger partial charge in [-0.2, -0.15) is 0 Å². The third kappa shape index (κ3) is 3.32. The quantitative estimate of drug-likeness (QED) is 0.603. The fourth-order valence-corrected chi connectivity index (χ4v) is 2.75. The van der Waals surface area contributed by atoms with Crippen molar-refractivity contribution in [3.8, 4) is 0 Å². The van der Waals surface area contributed by atoms with Crippen LogP contribution >= 0.6 is 34.5 Å². The zero-order chi connectivity index (χ0) is 7.72. The molecule has 1 unspecified atom stereocenters. The van der Waals surface area contributed by atoms with E-state index in [0.29, 0.717) is 4.34 Å². The van der Waals surface area contributed by atoms with Crippen molar-refractivity contribution in [3.63, 3.8) is 0 Å². The van der Waals surface area contributed by atoms with Crippen molar-refractivity contribution in [2.24, 2.45) is 0 Å². The average Bonchev–Trinajstić information content (AvgIpc) is 2.10. The van der Waals surface area contributed by atoms with Crippen molar-refractivity contribution in [1.29, 1.82) is 0 Å². The summed E-state index contributed by atoms with van der Waals surface area (Å²) < 4.78 is 19.7. The first-order chi connectivity index (χ1) is 4.61. The minimum absolute atomic E-state index is 0. The second kappa shape index (κ2) is 5.19. The summed E-state index contributed by atoms with van der Waals surface area (Å²) in [6.45, 7) is 0. The molecule has 1 aromatic rings. The minimum Gasteiger partial charge on any atom is -0.302 e. The number of halogens is 2. The Morgan fingerprint density at radius 2 is 2.09 bits per heavy atom. The number of hydrogen-bond donors (Lipinski definition) is 1. The molecule has 1 atom stereocenters. The standard InChI is InChI=1S/C4H2Cl2O2S2.Na/c5-3-1-2(10(7)8)4(6)9-3;/h1H,(H,7,8);. The van der Waals surface area contributed by atoms with E-state index in [4.69, 9.17) is 27.8 Å². The van der Waals surface area contributed by atoms with Crippen LogP contribution in [0.3, 0.4) is 0 Å². The molecule has 0 aliphatic heterocycles. The summed E-state index contributed by atoms with van der Waals surface area (Å²) >= 11 is 10.1. The maximum absolute atomic E-state index is 10.4. The van der Waals surface area contributed by atoms with Crippen molar-refractivity contribution < 1.29 is 8.76 Å². The van der Waals surface area contributed by atoms with Crippen LogP contribution in [-0.2, 0) is 11.1 Å². The fraction of sp³-hybridized carbons (Fsp3) is 0. The third-order valence-electron chi connectivity index (χ3n) is 0.814. The molecular formula is C4H2Cl2NaO2S2. The Balaban J connectivity index is 0.000001000. The van der Waals surface area contributed by atoms with Gasteiger partial charge in [-0.15, -0.1) is 11.3 Å². The SMILES string of the molecule is O=S(O)c1cc(Cl)sc1Cl.[Na]. The monoisotopic (exact) mass is 239 g/mol. The van der Waals surface area contributed by atoms with Crippen molar-refractivity contribution in [1.82, 2.24) is 0 Å². The van der Waals surface area contributed by atoms with E-state index in [0.717, 1.165) is 11.3 Å². The maximum Gasteiger partial charge on any atom is 0.188 e. The van der Waals surface area contributed by atoms with Gasteiger partial charge in [0.1, 0.15) is 4.34 Å². The molecule has 0 saturated carbocycles. The van der Waals surface area contributed by atoms with E-state index in [-0.39, 0.29) is 38.8 Å². The van der Waals surface area contributed by atoms with Gasteiger partial charge in [-0.25, -0.2) is 4.21 Å². The molecule has 57 valence electrons. The smallest absolute Gasteiger partial charge is 0.188 e. The summed E-state index contributed by atoms with van der Waals surface area (Å²) in [5.74, 6) is 0. The van der Waals surface area contributed by atoms with Crippen LogP contribution in [0.1, 0.15) is 0 Å². The third-order valence-corrected chi connectivity index (χ3v) is 3.24. The van der Waals surface area contributed by atoms with E-state index in [1.165, 1.54) is 6.07 Å². The van der Waals surface area contributed by atoms with Gasteiger partial charge in [-0.05, 0) is 6.07 Å². The van der Waals surface area contributed by atoms with Crippen molar-refractivity contribution in [2.45, 2.75) is 4.90 Å². The molecule has 1 radical (unpaired) electrons. The molecule has 11 heavy (non-hydrogen) atoms. The van der Waals surface area contributed by atoms with Crippen LogP contribution in [0.25, 0.3) is 0 Å². The normalized spacial score (nSPS) is 12.3. The Morgan fingerprint density at radius 3 is 2.27 bits per heavy atom. The Bertz CT molecular complexity index is 275. The van der Waals surface area contributed by atoms with Gasteiger partial charge in [-0.3, -0.25) is 0 Å². The summed E-state index contributed by atoms with van der Waals surface area (Å²) in [6, 6.07) is 1.38. The zero-order valence-electron chi connectivity index (χ0n) is 5.51. The first-order valence-corrected chi connectivity index (χ1v) is 4.85. The predicted octanol–water partition coefficient (Wildman–Crippen LogP) is 2.25. The summed E-state index contributed by atoms with van der Waals surface area (Å²) in [6.07, 6.45) is 0. The van der Waals surface area contributed by atoms with E-state index in [1.807, 2.05) is 0 Å². The van der Waals surface area contributed by atoms with Gasteiger partial charge in [0.05, 0.1) is 9.23 Å². The van der Waals surface area contributed by atoms with Crippen LogP contribution in [0.2, 0.25) is 8.67 Å². The second-order valence-corrected chi connectivity index (χ2v) is 4.66. The molecule has 0 bridgehead atoms. The molecule has 0 saturated heterocycles. The van der Waals surface area contributed by atoms with E-state index < -0.39 is 11.1 Å². The Hall–Kier alpha value is 1.39. The zero-order valence-corrected chi connectivity index (χ0v) is 10.7. The van der Waals surface area contributed by atoms with Gasteiger partial charge in [0, 0.05) is 29.6 Å². The molecule has 7 heteroatoms. The molecule has 1 N–H and O–H groups in total. The molecule has 1 aromatic heterocycles. The van der Waals surface area contributed by atoms with Crippen molar-refractivity contribution in [3.05, 3.63) is 14.7 Å². The summed E-state index contributed by atoms with van der Waals surface area (Å²) in [7, 11) is 0. The molecule has 0 aliphatic carbocycles. The second-order valence-electron chi connectivity index (χ2n) is 1.44. The van der Waals surface area contributed by atoms with Crippen LogP contribution in [0.15, 0.2) is 11.0 Å². The van der Waals surface area contributed by atoms with Gasteiger partial charge < -0.3 is 4.55 Å². The number of thiophene rings is 1. The van der Waals surface area contributed by atoms with Crippen molar-refractivity contribution in [2.75, 3.05) is 0 Å². The molecule has 0 spiro atoms. The maximum atomic E-state index is 10.4. The van der Waals surface area contributed by atoms with Crippen LogP contribution in [0.5, 0.6) is 0 Å². The van der Waals surface area contributed by atoms with Gasteiger partial charge in [-0.1, -0.05) is 23.2 Å². The first-order valence-electron chi connectivity index (χ1n) is 2.17. The number of hydrogen-bond acceptors (Lipinski definition) is 2. The molecule has 0 fully saturated rings. The first kappa shape index (κ1) is 12.4. The molecule has 1 heterocycles. The topological polar surface area (TPSA) is 37.3 Å². The Labute approximate surface area is 102 Å². The van der Waals surface area contributed by atoms with Crippen molar-refractivity contribution >= 4 is 75.2 Å². The predicted molar refractivity (Wildman–Crippen MR) is 49.1 cm³/mol. The summed E-state index contributed by atoms with van der Waals surface area (Å²) in [4.78, 5) is 0.177. The molecule has 1 rings (SSSR count). The van der Waals surface area contributed by atoms with E-state index >= 15 is 0 Å². The van der Waals surface area contributed by atoms with Gasteiger partial charge in [0.15, 0.2) is 11.1 Å². The fourth-order valence-electron chi connectivity index (χ4n) is 0.444. The average molecular weight is 240 g/mol. The Kier molecular flexibility index (Phi) is 5.85. The molecule has 0 amide bonds. The van der Waals surface area contributed by atoms with E-state index in [9.17, 15) is 4.21 Å². The largest absolute Gasteiger partial charge is 0.302 e. The summed E-state index contributed by atoms with van der Waals surface area (Å²) in [5.41, 5.74) is 0. The molecule has 2 nitrogen and oxygen atoms in total. The Morgan fingerprint density at radius 1 is 1.55 bits per heavy atom. The van der Waals surface area contributed by atoms with E-state index in [2.05, 4.69) is 0 Å². The van der Waals surface area contributed by atoms with Gasteiger partial charge in [0.2, 0.25) is 0 Å². The molecule has 0 aliphatic rings. The van der Waals surface area contributed by atoms with Crippen LogP contribution in [-0.4, -0.2) is 38.3 Å². The van der Waals surface area contributed by atoms with Crippen LogP contribution in [0, 0.1) is 0 Å². The number of rotatable bonds is 1. The van der Waals surface area contributed by atoms with Crippen LogP contribution in [0.4, 0.5) is 0 Å². The van der Waals surface area contributed by atoms with E-state index in [1.54, 1.807) is 0 Å². The van der Waals surface area contributed by atoms with Crippen LogP contribution < -0.4 is 0 Å². The van der Waals surface area contributed by atoms with Gasteiger partial charge in [0.25, 0.3) is 0 Å². The molecular weight excluding hydrogens is 238 g/mol. The minimum atomic E-state index is -2.03. The summed E-state index contributed by atoms with van der Waals surface area (Å²) in [5, 5.41) is 0.